The maximum atomic E-state index is 11.8. The number of aliphatic carboxylic acids is 1. The predicted molar refractivity (Wildman–Crippen MR) is 135 cm³/mol. The van der Waals surface area contributed by atoms with E-state index in [1.54, 1.807) is 24.0 Å². The van der Waals surface area contributed by atoms with Crippen molar-refractivity contribution in [2.24, 2.45) is 12.8 Å². The van der Waals surface area contributed by atoms with Crippen molar-refractivity contribution in [3.8, 4) is 29.2 Å². The number of alkyl halides is 3. The van der Waals surface area contributed by atoms with Gasteiger partial charge in [0.2, 0.25) is 0 Å². The van der Waals surface area contributed by atoms with Gasteiger partial charge in [0, 0.05) is 50.7 Å². The standard InChI is InChI=1S/C23H24N8O2.C2HF3O2/c1-29-7-9-31(10-8-29)16-4-6-18(15(11-16)12-24)33-23-26-13-14-3-5-17-20(22(25)32)28-30(2)21(17)19(14)27-23;3-2(4,5)1(6)7/h4,6,11,13H,3,5,7-10H2,1-2H3,(H2,25,32);(H,6,7). The van der Waals surface area contributed by atoms with Gasteiger partial charge in [0.1, 0.15) is 11.8 Å². The molecule has 15 heteroatoms. The number of rotatable bonds is 4. The first kappa shape index (κ1) is 28.3. The van der Waals surface area contributed by atoms with Crippen molar-refractivity contribution in [1.82, 2.24) is 24.6 Å². The Bertz CT molecular complexity index is 1490. The number of halogens is 3. The second-order valence-corrected chi connectivity index (χ2v) is 9.18. The molecule has 1 saturated heterocycles. The summed E-state index contributed by atoms with van der Waals surface area (Å²) in [7, 11) is 3.87. The number of nitrogens with two attached hydrogens (primary N) is 1. The van der Waals surface area contributed by atoms with E-state index in [1.165, 1.54) is 0 Å². The minimum Gasteiger partial charge on any atom is -0.475 e. The van der Waals surface area contributed by atoms with Gasteiger partial charge in [-0.3, -0.25) is 9.48 Å². The zero-order chi connectivity index (χ0) is 29.2. The number of aryl methyl sites for hydroxylation is 2. The van der Waals surface area contributed by atoms with Crippen LogP contribution in [0.5, 0.6) is 11.8 Å². The Kier molecular flexibility index (Phi) is 7.91. The number of aromatic nitrogens is 4. The maximum Gasteiger partial charge on any atom is 0.490 e. The van der Waals surface area contributed by atoms with Crippen LogP contribution in [0.3, 0.4) is 0 Å². The van der Waals surface area contributed by atoms with Crippen LogP contribution in [-0.2, 0) is 24.7 Å². The molecule has 0 radical (unpaired) electrons. The highest BCUT2D eigenvalue weighted by Crippen LogP contribution is 2.35. The molecule has 12 nitrogen and oxygen atoms in total. The number of primary amides is 1. The molecule has 3 aromatic rings. The van der Waals surface area contributed by atoms with E-state index in [0.29, 0.717) is 29.8 Å². The van der Waals surface area contributed by atoms with Gasteiger partial charge >= 0.3 is 18.2 Å². The quantitative estimate of drug-likeness (QED) is 0.485. The Morgan fingerprint density at radius 1 is 1.15 bits per heavy atom. The van der Waals surface area contributed by atoms with Crippen molar-refractivity contribution in [3.63, 3.8) is 0 Å². The lowest BCUT2D eigenvalue weighted by Gasteiger charge is -2.34. The molecular weight excluding hydrogens is 533 g/mol. The summed E-state index contributed by atoms with van der Waals surface area (Å²) >= 11 is 0. The van der Waals surface area contributed by atoms with E-state index < -0.39 is 18.1 Å². The number of benzene rings is 1. The fraction of sp³-hybridized carbons (Fsp3) is 0.360. The van der Waals surface area contributed by atoms with E-state index in [4.69, 9.17) is 20.4 Å². The van der Waals surface area contributed by atoms with Gasteiger partial charge in [-0.2, -0.15) is 28.5 Å². The third kappa shape index (κ3) is 5.96. The summed E-state index contributed by atoms with van der Waals surface area (Å²) in [6.07, 6.45) is -2.04. The Hall–Kier alpha value is -4.71. The lowest BCUT2D eigenvalue weighted by molar-refractivity contribution is -0.192. The minimum absolute atomic E-state index is 0.132. The molecule has 0 bridgehead atoms. The molecule has 3 heterocycles. The van der Waals surface area contributed by atoms with E-state index >= 15 is 0 Å². The van der Waals surface area contributed by atoms with E-state index in [2.05, 4.69) is 38.0 Å². The molecule has 210 valence electrons. The molecule has 3 N–H and O–H groups in total. The number of likely N-dealkylation sites (N-methyl/N-ethyl adjacent to an activating group) is 1. The fourth-order valence-corrected chi connectivity index (χ4v) is 4.44. The minimum atomic E-state index is -5.08. The summed E-state index contributed by atoms with van der Waals surface area (Å²) in [4.78, 5) is 34.2. The summed E-state index contributed by atoms with van der Waals surface area (Å²) in [5.41, 5.74) is 10.3. The number of piperazine rings is 1. The molecule has 0 atom stereocenters. The molecule has 0 unspecified atom stereocenters. The summed E-state index contributed by atoms with van der Waals surface area (Å²) in [5, 5.41) is 21.1. The number of hydrogen-bond acceptors (Lipinski definition) is 9. The molecule has 1 fully saturated rings. The number of hydrogen-bond donors (Lipinski definition) is 2. The molecule has 0 saturated carbocycles. The lowest BCUT2D eigenvalue weighted by Crippen LogP contribution is -2.44. The van der Waals surface area contributed by atoms with Gasteiger partial charge in [-0.25, -0.2) is 9.78 Å². The fourth-order valence-electron chi connectivity index (χ4n) is 4.44. The Labute approximate surface area is 226 Å². The number of anilines is 1. The maximum absolute atomic E-state index is 11.8. The number of carboxylic acids is 1. The number of amides is 1. The SMILES string of the molecule is CN1CCN(c2ccc(Oc3ncc4c(n3)-c3c(c(C(N)=O)nn3C)CC4)c(C#N)c2)CC1.O=C(O)C(F)(F)F. The Morgan fingerprint density at radius 3 is 2.42 bits per heavy atom. The van der Waals surface area contributed by atoms with Crippen molar-refractivity contribution >= 4 is 17.6 Å². The largest absolute Gasteiger partial charge is 0.490 e. The number of carboxylic acid groups (broad SMARTS) is 1. The van der Waals surface area contributed by atoms with Gasteiger partial charge in [0.15, 0.2) is 5.69 Å². The van der Waals surface area contributed by atoms with Crippen molar-refractivity contribution in [3.05, 3.63) is 46.8 Å². The molecule has 2 aliphatic rings. The van der Waals surface area contributed by atoms with Crippen LogP contribution in [0, 0.1) is 11.3 Å². The first-order valence-electron chi connectivity index (χ1n) is 12.1. The van der Waals surface area contributed by atoms with Gasteiger partial charge in [0.05, 0.1) is 17.0 Å². The number of ether oxygens (including phenoxy) is 1. The van der Waals surface area contributed by atoms with E-state index in [9.17, 15) is 23.2 Å². The summed E-state index contributed by atoms with van der Waals surface area (Å²) in [6, 6.07) is 7.94. The van der Waals surface area contributed by atoms with Crippen LogP contribution in [0.2, 0.25) is 0 Å². The smallest absolute Gasteiger partial charge is 0.475 e. The molecule has 1 aromatic carbocycles. The Morgan fingerprint density at radius 2 is 1.82 bits per heavy atom. The normalized spacial score (nSPS) is 14.8. The van der Waals surface area contributed by atoms with E-state index in [-0.39, 0.29) is 11.7 Å². The topological polar surface area (TPSA) is 163 Å². The first-order valence-corrected chi connectivity index (χ1v) is 12.1. The van der Waals surface area contributed by atoms with Crippen LogP contribution in [0.15, 0.2) is 24.4 Å². The summed E-state index contributed by atoms with van der Waals surface area (Å²) in [6.45, 7) is 3.79. The zero-order valence-corrected chi connectivity index (χ0v) is 21.6. The van der Waals surface area contributed by atoms with E-state index in [0.717, 1.165) is 48.7 Å². The van der Waals surface area contributed by atoms with Crippen molar-refractivity contribution in [1.29, 1.82) is 5.26 Å². The predicted octanol–water partition coefficient (Wildman–Crippen LogP) is 2.12. The highest BCUT2D eigenvalue weighted by molar-refractivity contribution is 5.94. The van der Waals surface area contributed by atoms with Gasteiger partial charge in [-0.05, 0) is 43.7 Å². The van der Waals surface area contributed by atoms with E-state index in [1.807, 2.05) is 12.1 Å². The van der Waals surface area contributed by atoms with Gasteiger partial charge in [-0.1, -0.05) is 0 Å². The number of nitriles is 1. The average Bonchev–Trinajstić information content (AvgIpc) is 3.26. The van der Waals surface area contributed by atoms with Gasteiger partial charge in [0.25, 0.3) is 5.91 Å². The molecule has 40 heavy (non-hydrogen) atoms. The number of carbonyl (C=O) groups excluding carboxylic acids is 1. The van der Waals surface area contributed by atoms with Crippen molar-refractivity contribution in [2.75, 3.05) is 38.1 Å². The second-order valence-electron chi connectivity index (χ2n) is 9.18. The summed E-state index contributed by atoms with van der Waals surface area (Å²) < 4.78 is 39.3. The molecule has 0 spiro atoms. The molecule has 1 amide bonds. The molecule has 5 rings (SSSR count). The number of carbonyl (C=O) groups is 2. The molecule has 1 aliphatic carbocycles. The van der Waals surface area contributed by atoms with Crippen LogP contribution < -0.4 is 15.4 Å². The average molecular weight is 559 g/mol. The zero-order valence-electron chi connectivity index (χ0n) is 21.6. The van der Waals surface area contributed by atoms with Crippen LogP contribution in [0.4, 0.5) is 18.9 Å². The van der Waals surface area contributed by atoms with Crippen molar-refractivity contribution in [2.45, 2.75) is 19.0 Å². The molecule has 2 aromatic heterocycles. The second kappa shape index (κ2) is 11.2. The Balaban J connectivity index is 0.000000470. The van der Waals surface area contributed by atoms with Crippen molar-refractivity contribution < 1.29 is 32.6 Å². The monoisotopic (exact) mass is 558 g/mol. The number of nitrogens with zero attached hydrogens (tertiary/aromatic N) is 7. The highest BCUT2D eigenvalue weighted by atomic mass is 19.4. The van der Waals surface area contributed by atoms with Crippen LogP contribution in [-0.4, -0.2) is 81.0 Å². The van der Waals surface area contributed by atoms with Crippen LogP contribution >= 0.6 is 0 Å². The van der Waals surface area contributed by atoms with Gasteiger partial charge < -0.3 is 25.4 Å². The third-order valence-electron chi connectivity index (χ3n) is 6.49. The molecular formula is C25H25F3N8O4. The van der Waals surface area contributed by atoms with Gasteiger partial charge in [-0.15, -0.1) is 0 Å². The lowest BCUT2D eigenvalue weighted by atomic mass is 9.93. The molecule has 1 aliphatic heterocycles. The summed E-state index contributed by atoms with van der Waals surface area (Å²) in [5.74, 6) is -2.92. The van der Waals surface area contributed by atoms with Crippen LogP contribution in [0.1, 0.15) is 27.2 Å². The highest BCUT2D eigenvalue weighted by Gasteiger charge is 2.38. The third-order valence-corrected chi connectivity index (χ3v) is 6.49. The first-order chi connectivity index (χ1) is 18.9. The van der Waals surface area contributed by atoms with Crippen LogP contribution in [0.25, 0.3) is 11.4 Å². The number of fused-ring (bicyclic) bond motifs is 3.